The molecule has 0 aliphatic carbocycles. The van der Waals surface area contributed by atoms with E-state index in [-0.39, 0.29) is 23.5 Å². The van der Waals surface area contributed by atoms with E-state index in [4.69, 9.17) is 9.84 Å². The summed E-state index contributed by atoms with van der Waals surface area (Å²) in [6, 6.07) is 10.2. The summed E-state index contributed by atoms with van der Waals surface area (Å²) in [4.78, 5) is 21.5. The van der Waals surface area contributed by atoms with Gasteiger partial charge in [-0.15, -0.1) is 0 Å². The molecule has 0 amide bonds. The van der Waals surface area contributed by atoms with Crippen molar-refractivity contribution in [2.24, 2.45) is 0 Å². The lowest BCUT2D eigenvalue weighted by atomic mass is 10.1. The van der Waals surface area contributed by atoms with E-state index in [1.807, 2.05) is 0 Å². The van der Waals surface area contributed by atoms with Gasteiger partial charge in [-0.05, 0) is 24.3 Å². The molecule has 2 rings (SSSR count). The first-order valence-corrected chi connectivity index (χ1v) is 5.80. The second-order valence-electron chi connectivity index (χ2n) is 4.06. The summed E-state index contributed by atoms with van der Waals surface area (Å²) in [5, 5.41) is 9.02. The number of carboxylic acid groups (broad SMARTS) is 1. The Hall–Kier alpha value is -2.69. The molecule has 0 saturated heterocycles. The molecule has 20 heavy (non-hydrogen) atoms. The first kappa shape index (κ1) is 13.7. The summed E-state index contributed by atoms with van der Waals surface area (Å²) >= 11 is 0. The Morgan fingerprint density at radius 1 is 1.25 bits per heavy atom. The average Bonchev–Trinajstić information content (AvgIpc) is 2.46. The molecule has 0 atom stereocenters. The third kappa shape index (κ3) is 3.00. The molecule has 4 nitrogen and oxygen atoms in total. The average molecular weight is 274 g/mol. The van der Waals surface area contributed by atoms with Crippen molar-refractivity contribution in [2.75, 3.05) is 0 Å². The smallest absolute Gasteiger partial charge is 0.336 e. The van der Waals surface area contributed by atoms with Crippen LogP contribution in [0.1, 0.15) is 26.3 Å². The van der Waals surface area contributed by atoms with Crippen molar-refractivity contribution in [1.82, 2.24) is 0 Å². The number of aldehydes is 1. The molecule has 2 aromatic rings. The zero-order valence-corrected chi connectivity index (χ0v) is 10.4. The third-order valence-corrected chi connectivity index (χ3v) is 2.72. The Labute approximate surface area is 114 Å². The number of carboxylic acids is 1. The van der Waals surface area contributed by atoms with Crippen molar-refractivity contribution >= 4 is 12.3 Å². The van der Waals surface area contributed by atoms with Gasteiger partial charge in [0.2, 0.25) is 0 Å². The Morgan fingerprint density at radius 2 is 2.00 bits per heavy atom. The van der Waals surface area contributed by atoms with Crippen LogP contribution in [-0.2, 0) is 6.61 Å². The van der Waals surface area contributed by atoms with Crippen LogP contribution in [0.4, 0.5) is 4.39 Å². The number of carbonyl (C=O) groups is 2. The lowest BCUT2D eigenvalue weighted by Gasteiger charge is -2.09. The van der Waals surface area contributed by atoms with Crippen molar-refractivity contribution in [3.05, 3.63) is 65.0 Å². The van der Waals surface area contributed by atoms with Gasteiger partial charge in [0.25, 0.3) is 0 Å². The van der Waals surface area contributed by atoms with Gasteiger partial charge < -0.3 is 9.84 Å². The van der Waals surface area contributed by atoms with Crippen LogP contribution in [0.15, 0.2) is 42.5 Å². The second kappa shape index (κ2) is 5.97. The van der Waals surface area contributed by atoms with Crippen LogP contribution < -0.4 is 4.74 Å². The lowest BCUT2D eigenvalue weighted by Crippen LogP contribution is -2.06. The zero-order chi connectivity index (χ0) is 14.5. The maximum atomic E-state index is 13.6. The largest absolute Gasteiger partial charge is 0.486 e. The minimum absolute atomic E-state index is 0.0317. The molecular formula is C15H11FO4. The van der Waals surface area contributed by atoms with Gasteiger partial charge in [-0.3, -0.25) is 4.79 Å². The minimum atomic E-state index is -1.07. The van der Waals surface area contributed by atoms with Crippen LogP contribution in [-0.4, -0.2) is 17.4 Å². The van der Waals surface area contributed by atoms with Gasteiger partial charge in [0, 0.05) is 11.1 Å². The fraction of sp³-hybridized carbons (Fsp3) is 0.0667. The van der Waals surface area contributed by atoms with Gasteiger partial charge in [-0.25, -0.2) is 9.18 Å². The Bertz CT molecular complexity index is 652. The van der Waals surface area contributed by atoms with Gasteiger partial charge in [0.15, 0.2) is 11.6 Å². The van der Waals surface area contributed by atoms with E-state index < -0.39 is 11.8 Å². The number of hydrogen-bond acceptors (Lipinski definition) is 3. The highest BCUT2D eigenvalue weighted by Crippen LogP contribution is 2.20. The van der Waals surface area contributed by atoms with Gasteiger partial charge in [-0.1, -0.05) is 18.2 Å². The van der Waals surface area contributed by atoms with Crippen LogP contribution in [0.2, 0.25) is 0 Å². The Kier molecular flexibility index (Phi) is 4.10. The van der Waals surface area contributed by atoms with E-state index >= 15 is 0 Å². The topological polar surface area (TPSA) is 63.6 Å². The molecule has 102 valence electrons. The highest BCUT2D eigenvalue weighted by Gasteiger charge is 2.11. The van der Waals surface area contributed by atoms with Crippen molar-refractivity contribution < 1.29 is 23.8 Å². The van der Waals surface area contributed by atoms with E-state index in [1.54, 1.807) is 18.2 Å². The van der Waals surface area contributed by atoms with Gasteiger partial charge >= 0.3 is 5.97 Å². The van der Waals surface area contributed by atoms with Crippen LogP contribution >= 0.6 is 0 Å². The van der Waals surface area contributed by atoms with Crippen LogP contribution in [0, 0.1) is 5.82 Å². The first-order chi connectivity index (χ1) is 9.61. The van der Waals surface area contributed by atoms with Crippen LogP contribution in [0.25, 0.3) is 0 Å². The number of aromatic carboxylic acids is 1. The van der Waals surface area contributed by atoms with Crippen molar-refractivity contribution in [3.8, 4) is 5.75 Å². The maximum Gasteiger partial charge on any atom is 0.336 e. The molecule has 0 heterocycles. The fourth-order valence-electron chi connectivity index (χ4n) is 1.72. The second-order valence-corrected chi connectivity index (χ2v) is 4.06. The molecule has 5 heteroatoms. The highest BCUT2D eigenvalue weighted by molar-refractivity contribution is 5.89. The molecule has 2 aromatic carbocycles. The number of halogens is 1. The summed E-state index contributed by atoms with van der Waals surface area (Å²) in [7, 11) is 0. The molecular weight excluding hydrogens is 263 g/mol. The maximum absolute atomic E-state index is 13.6. The van der Waals surface area contributed by atoms with Crippen molar-refractivity contribution in [1.29, 1.82) is 0 Å². The molecule has 0 saturated carbocycles. The molecule has 1 N–H and O–H groups in total. The van der Waals surface area contributed by atoms with Gasteiger partial charge in [-0.2, -0.15) is 0 Å². The molecule has 0 bridgehead atoms. The molecule has 0 radical (unpaired) electrons. The van der Waals surface area contributed by atoms with Crippen LogP contribution in [0.5, 0.6) is 5.75 Å². The number of ether oxygens (including phenoxy) is 1. The van der Waals surface area contributed by atoms with E-state index in [0.29, 0.717) is 11.8 Å². The SMILES string of the molecule is O=Cc1ccc(OCc2ccccc2C(=O)O)c(F)c1. The summed E-state index contributed by atoms with van der Waals surface area (Å²) < 4.78 is 18.9. The van der Waals surface area contributed by atoms with Crippen molar-refractivity contribution in [3.63, 3.8) is 0 Å². The predicted octanol–water partition coefficient (Wildman–Crippen LogP) is 2.92. The van der Waals surface area contributed by atoms with E-state index in [0.717, 1.165) is 6.07 Å². The molecule has 0 aromatic heterocycles. The number of rotatable bonds is 5. The van der Waals surface area contributed by atoms with Gasteiger partial charge in [0.05, 0.1) is 5.56 Å². The third-order valence-electron chi connectivity index (χ3n) is 2.72. The normalized spacial score (nSPS) is 10.1. The number of carbonyl (C=O) groups excluding carboxylic acids is 1. The first-order valence-electron chi connectivity index (χ1n) is 5.80. The van der Waals surface area contributed by atoms with Gasteiger partial charge in [0.1, 0.15) is 12.9 Å². The molecule has 0 aliphatic rings. The van der Waals surface area contributed by atoms with Crippen LogP contribution in [0.3, 0.4) is 0 Å². The van der Waals surface area contributed by atoms with E-state index in [9.17, 15) is 14.0 Å². The lowest BCUT2D eigenvalue weighted by molar-refractivity contribution is 0.0693. The monoisotopic (exact) mass is 274 g/mol. The number of benzene rings is 2. The van der Waals surface area contributed by atoms with E-state index in [1.165, 1.54) is 18.2 Å². The summed E-state index contributed by atoms with van der Waals surface area (Å²) in [5.41, 5.74) is 0.761. The quantitative estimate of drug-likeness (QED) is 0.851. The minimum Gasteiger partial charge on any atom is -0.486 e. The summed E-state index contributed by atoms with van der Waals surface area (Å²) in [5.74, 6) is -1.76. The fourth-order valence-corrected chi connectivity index (χ4v) is 1.72. The predicted molar refractivity (Wildman–Crippen MR) is 69.5 cm³/mol. The summed E-state index contributed by atoms with van der Waals surface area (Å²) in [6.45, 7) is -0.0696. The number of hydrogen-bond donors (Lipinski definition) is 1. The van der Waals surface area contributed by atoms with E-state index in [2.05, 4.69) is 0 Å². The molecule has 0 unspecified atom stereocenters. The summed E-state index contributed by atoms with van der Waals surface area (Å²) in [6.07, 6.45) is 0.534. The molecule has 0 aliphatic heterocycles. The highest BCUT2D eigenvalue weighted by atomic mass is 19.1. The molecule has 0 spiro atoms. The van der Waals surface area contributed by atoms with Crippen molar-refractivity contribution in [2.45, 2.75) is 6.61 Å². The zero-order valence-electron chi connectivity index (χ0n) is 10.4. The Balaban J connectivity index is 2.17. The molecule has 0 fully saturated rings. The standard InChI is InChI=1S/C15H11FO4/c16-13-7-10(8-17)5-6-14(13)20-9-11-3-1-2-4-12(11)15(18)19/h1-8H,9H2,(H,18,19). The Morgan fingerprint density at radius 3 is 2.65 bits per heavy atom.